The Morgan fingerprint density at radius 1 is 0.365 bits per heavy atom. The molecule has 13 rings (SSSR count). The minimum Gasteiger partial charge on any atom is -0.336 e. The van der Waals surface area contributed by atoms with Crippen LogP contribution in [0.5, 0.6) is 0 Å². The maximum atomic E-state index is 11.8. The smallest absolute Gasteiger partial charge is 0.230 e. The van der Waals surface area contributed by atoms with E-state index in [1.54, 1.807) is 0 Å². The molecule has 0 amide bonds. The zero-order chi connectivity index (χ0) is 41.8. The number of fused-ring (bicyclic) bond motifs is 12. The molecule has 0 saturated carbocycles. The normalized spacial score (nSPS) is 11.8. The fourth-order valence-corrected chi connectivity index (χ4v) is 10.6. The molecule has 0 unspecified atom stereocenters. The number of benzene rings is 9. The van der Waals surface area contributed by atoms with Gasteiger partial charge in [0, 0.05) is 59.7 Å². The Morgan fingerprint density at radius 3 is 0.952 bits per heavy atom. The second kappa shape index (κ2) is 13.3. The molecule has 0 aliphatic carbocycles. The predicted octanol–water partition coefficient (Wildman–Crippen LogP) is 14.6. The molecule has 0 aliphatic heterocycles. The van der Waals surface area contributed by atoms with Gasteiger partial charge in [0.2, 0.25) is 5.69 Å². The molecule has 4 aromatic heterocycles. The number of aromatic nitrogens is 4. The molecule has 292 valence electrons. The average molecular weight is 803 g/mol. The number of hydrogen-bond acceptors (Lipinski definition) is 1. The SMILES string of the molecule is [C-]#[N+]c1c(C#N)c(Cn2c3ccccc3c3ccccc32)c(-n2c3ccccc3c3ccccc32)c(-n2c3ccccc3c3ccccc32)c1-n1c2ccccc2c2ccccc21. The lowest BCUT2D eigenvalue weighted by Gasteiger charge is -2.27. The monoisotopic (exact) mass is 802 g/mol. The van der Waals surface area contributed by atoms with Crippen molar-refractivity contribution in [2.75, 3.05) is 0 Å². The zero-order valence-electron chi connectivity index (χ0n) is 33.9. The van der Waals surface area contributed by atoms with Gasteiger partial charge in [-0.1, -0.05) is 146 Å². The molecule has 0 bridgehead atoms. The zero-order valence-corrected chi connectivity index (χ0v) is 33.9. The van der Waals surface area contributed by atoms with Gasteiger partial charge in [0.25, 0.3) is 0 Å². The van der Waals surface area contributed by atoms with Gasteiger partial charge in [0.1, 0.15) is 0 Å². The molecule has 4 heterocycles. The van der Waals surface area contributed by atoms with Crippen LogP contribution in [-0.2, 0) is 6.54 Å². The van der Waals surface area contributed by atoms with Crippen molar-refractivity contribution in [2.45, 2.75) is 6.54 Å². The summed E-state index contributed by atoms with van der Waals surface area (Å²) in [6, 6.07) is 70.8. The lowest BCUT2D eigenvalue weighted by molar-refractivity contribution is 0.852. The van der Waals surface area contributed by atoms with Gasteiger partial charge in [0.15, 0.2) is 0 Å². The summed E-state index contributed by atoms with van der Waals surface area (Å²) in [5.74, 6) is 0. The van der Waals surface area contributed by atoms with Gasteiger partial charge >= 0.3 is 0 Å². The summed E-state index contributed by atoms with van der Waals surface area (Å²) in [7, 11) is 0. The maximum Gasteiger partial charge on any atom is 0.230 e. The Balaban J connectivity index is 1.34. The molecule has 6 heteroatoms. The highest BCUT2D eigenvalue weighted by atomic mass is 15.1. The average Bonchev–Trinajstić information content (AvgIpc) is 4.06. The summed E-state index contributed by atoms with van der Waals surface area (Å²) in [5, 5.41) is 20.7. The first kappa shape index (κ1) is 35.0. The van der Waals surface area contributed by atoms with Crippen LogP contribution >= 0.6 is 0 Å². The van der Waals surface area contributed by atoms with Gasteiger partial charge < -0.3 is 18.3 Å². The van der Waals surface area contributed by atoms with E-state index in [1.807, 2.05) is 0 Å². The van der Waals surface area contributed by atoms with Gasteiger partial charge in [-0.2, -0.15) is 5.26 Å². The van der Waals surface area contributed by atoms with Crippen LogP contribution in [0.25, 0.3) is 109 Å². The van der Waals surface area contributed by atoms with Crippen molar-refractivity contribution in [3.63, 3.8) is 0 Å². The summed E-state index contributed by atoms with van der Waals surface area (Å²) < 4.78 is 9.33. The molecule has 0 spiro atoms. The lowest BCUT2D eigenvalue weighted by atomic mass is 9.98. The second-order valence-corrected chi connectivity index (χ2v) is 16.2. The summed E-state index contributed by atoms with van der Waals surface area (Å²) in [6.45, 7) is 9.58. The Kier molecular flexibility index (Phi) is 7.40. The van der Waals surface area contributed by atoms with Crippen molar-refractivity contribution in [1.82, 2.24) is 18.3 Å². The largest absolute Gasteiger partial charge is 0.336 e. The molecule has 0 N–H and O–H groups in total. The van der Waals surface area contributed by atoms with E-state index in [1.165, 1.54) is 0 Å². The van der Waals surface area contributed by atoms with Crippen LogP contribution in [0.1, 0.15) is 11.1 Å². The van der Waals surface area contributed by atoms with Crippen LogP contribution in [0.2, 0.25) is 0 Å². The molecule has 0 atom stereocenters. The fourth-order valence-electron chi connectivity index (χ4n) is 10.6. The van der Waals surface area contributed by atoms with E-state index in [2.05, 4.69) is 223 Å². The molecule has 13 aromatic rings. The highest BCUT2D eigenvalue weighted by Crippen LogP contribution is 2.49. The minimum atomic E-state index is 0.307. The quantitative estimate of drug-likeness (QED) is 0.160. The third-order valence-electron chi connectivity index (χ3n) is 13.1. The Bertz CT molecular complexity index is 3940. The minimum absolute atomic E-state index is 0.307. The van der Waals surface area contributed by atoms with E-state index < -0.39 is 0 Å². The Labute approximate surface area is 361 Å². The standard InChI is InChI=1S/C57H34N6/c1-59-54-44(34-58)45(35-60-46-26-10-2-18-36(46)37-19-3-11-27-47(37)60)55(61-48-28-12-4-20-38(48)39-21-5-13-29-49(39)61)57(63-52-32-16-8-24-42(52)43-25-9-17-33-53(43)63)56(54)62-50-30-14-6-22-40(50)41-23-7-15-31-51(41)62/h2-33H,35H2. The van der Waals surface area contributed by atoms with E-state index in [4.69, 9.17) is 0 Å². The van der Waals surface area contributed by atoms with Crippen molar-refractivity contribution < 1.29 is 0 Å². The summed E-state index contributed by atoms with van der Waals surface area (Å²) in [5.41, 5.74) is 11.8. The first-order valence-electron chi connectivity index (χ1n) is 21.2. The van der Waals surface area contributed by atoms with Crippen LogP contribution in [0, 0.1) is 17.9 Å². The predicted molar refractivity (Wildman–Crippen MR) is 259 cm³/mol. The number of nitriles is 1. The van der Waals surface area contributed by atoms with Gasteiger partial charge in [0.05, 0.1) is 74.9 Å². The van der Waals surface area contributed by atoms with Crippen LogP contribution in [0.3, 0.4) is 0 Å². The third kappa shape index (κ3) is 4.75. The number of para-hydroxylation sites is 8. The first-order chi connectivity index (χ1) is 31.2. The summed E-state index contributed by atoms with van der Waals surface area (Å²) in [4.78, 5) is 4.48. The molecule has 9 aromatic carbocycles. The van der Waals surface area contributed by atoms with Crippen LogP contribution in [-0.4, -0.2) is 18.3 Å². The third-order valence-corrected chi connectivity index (χ3v) is 13.1. The summed E-state index contributed by atoms with van der Waals surface area (Å²) in [6.07, 6.45) is 0. The molecule has 63 heavy (non-hydrogen) atoms. The highest BCUT2D eigenvalue weighted by Gasteiger charge is 2.33. The van der Waals surface area contributed by atoms with Crippen molar-refractivity contribution >= 4 is 92.9 Å². The van der Waals surface area contributed by atoms with Crippen LogP contribution in [0.4, 0.5) is 5.69 Å². The van der Waals surface area contributed by atoms with E-state index in [0.29, 0.717) is 23.5 Å². The molecule has 0 fully saturated rings. The Morgan fingerprint density at radius 2 is 0.635 bits per heavy atom. The van der Waals surface area contributed by atoms with Crippen molar-refractivity contribution in [2.24, 2.45) is 0 Å². The number of hydrogen-bond donors (Lipinski definition) is 0. The molecule has 0 radical (unpaired) electrons. The Hall–Kier alpha value is -8.84. The van der Waals surface area contributed by atoms with Gasteiger partial charge in [-0.05, 0) is 48.5 Å². The fraction of sp³-hybridized carbons (Fsp3) is 0.0175. The number of rotatable bonds is 5. The van der Waals surface area contributed by atoms with E-state index in [9.17, 15) is 11.8 Å². The molecular weight excluding hydrogens is 769 g/mol. The molecule has 6 nitrogen and oxygen atoms in total. The van der Waals surface area contributed by atoms with Crippen LogP contribution in [0.15, 0.2) is 194 Å². The number of nitrogens with zero attached hydrogens (tertiary/aromatic N) is 6. The van der Waals surface area contributed by atoms with Gasteiger partial charge in [-0.3, -0.25) is 0 Å². The van der Waals surface area contributed by atoms with E-state index in [0.717, 1.165) is 104 Å². The van der Waals surface area contributed by atoms with Crippen molar-refractivity contribution in [1.29, 1.82) is 5.26 Å². The highest BCUT2D eigenvalue weighted by molar-refractivity contribution is 6.15. The van der Waals surface area contributed by atoms with E-state index >= 15 is 0 Å². The van der Waals surface area contributed by atoms with Gasteiger partial charge in [-0.15, -0.1) is 0 Å². The van der Waals surface area contributed by atoms with Crippen LogP contribution < -0.4 is 0 Å². The summed E-state index contributed by atoms with van der Waals surface area (Å²) >= 11 is 0. The van der Waals surface area contributed by atoms with Crippen molar-refractivity contribution in [3.05, 3.63) is 217 Å². The van der Waals surface area contributed by atoms with E-state index in [-0.39, 0.29) is 0 Å². The van der Waals surface area contributed by atoms with Gasteiger partial charge in [-0.25, -0.2) is 4.85 Å². The first-order valence-corrected chi connectivity index (χ1v) is 21.2. The molecular formula is C57H34N6. The second-order valence-electron chi connectivity index (χ2n) is 16.2. The maximum absolute atomic E-state index is 11.8. The van der Waals surface area contributed by atoms with Crippen molar-refractivity contribution in [3.8, 4) is 23.1 Å². The topological polar surface area (TPSA) is 47.9 Å². The molecule has 0 saturated heterocycles. The molecule has 0 aliphatic rings. The lowest BCUT2D eigenvalue weighted by Crippen LogP contribution is -2.16.